The van der Waals surface area contributed by atoms with Crippen LogP contribution in [-0.2, 0) is 15.1 Å². The van der Waals surface area contributed by atoms with Gasteiger partial charge >= 0.3 is 5.97 Å². The minimum atomic E-state index is -1.02. The summed E-state index contributed by atoms with van der Waals surface area (Å²) in [6, 6.07) is 12.7. The summed E-state index contributed by atoms with van der Waals surface area (Å²) in [5.74, 6) is 0.238. The number of carbonyl (C=O) groups is 1. The molecule has 1 atom stereocenters. The quantitative estimate of drug-likeness (QED) is 0.727. The first kappa shape index (κ1) is 15.9. The van der Waals surface area contributed by atoms with Crippen LogP contribution in [0.4, 0.5) is 0 Å². The third kappa shape index (κ3) is 2.71. The summed E-state index contributed by atoms with van der Waals surface area (Å²) in [5.41, 5.74) is 0.927. The Morgan fingerprint density at radius 2 is 1.87 bits per heavy atom. The number of halogens is 2. The molecular weight excluding hydrogens is 335 g/mol. The molecule has 1 aliphatic rings. The lowest BCUT2D eigenvalue weighted by Gasteiger charge is -2.36. The zero-order valence-corrected chi connectivity index (χ0v) is 14.1. The van der Waals surface area contributed by atoms with Crippen LogP contribution >= 0.6 is 23.2 Å². The number of fused-ring (bicyclic) bond motifs is 1. The maximum atomic E-state index is 12.3. The van der Waals surface area contributed by atoms with Crippen molar-refractivity contribution in [2.75, 3.05) is 7.11 Å². The first-order valence-electron chi connectivity index (χ1n) is 7.00. The van der Waals surface area contributed by atoms with E-state index in [1.165, 1.54) is 7.11 Å². The fraction of sp³-hybridized carbons (Fsp3) is 0.167. The zero-order valence-electron chi connectivity index (χ0n) is 12.6. The number of hydrogen-bond acceptors (Lipinski definition) is 3. The Morgan fingerprint density at radius 1 is 1.13 bits per heavy atom. The molecule has 0 fully saturated rings. The average Bonchev–Trinajstić information content (AvgIpc) is 2.55. The van der Waals surface area contributed by atoms with E-state index in [0.717, 1.165) is 11.1 Å². The summed E-state index contributed by atoms with van der Waals surface area (Å²) < 4.78 is 11.1. The molecule has 0 bridgehead atoms. The first-order valence-corrected chi connectivity index (χ1v) is 7.75. The Bertz CT molecular complexity index is 814. The number of hydrogen-bond donors (Lipinski definition) is 0. The lowest BCUT2D eigenvalue weighted by Crippen LogP contribution is -2.37. The lowest BCUT2D eigenvalue weighted by molar-refractivity contribution is -0.138. The molecule has 0 spiro atoms. The van der Waals surface area contributed by atoms with Gasteiger partial charge in [-0.3, -0.25) is 0 Å². The van der Waals surface area contributed by atoms with E-state index in [1.807, 2.05) is 31.2 Å². The second-order valence-corrected chi connectivity index (χ2v) is 6.17. The van der Waals surface area contributed by atoms with Gasteiger partial charge in [-0.1, -0.05) is 47.5 Å². The van der Waals surface area contributed by atoms with Crippen molar-refractivity contribution in [1.29, 1.82) is 0 Å². The molecule has 1 unspecified atom stereocenters. The summed E-state index contributed by atoms with van der Waals surface area (Å²) in [5, 5.41) is 0.843. The highest BCUT2D eigenvalue weighted by atomic mass is 35.5. The van der Waals surface area contributed by atoms with E-state index in [4.69, 9.17) is 32.7 Å². The van der Waals surface area contributed by atoms with E-state index < -0.39 is 11.6 Å². The fourth-order valence-corrected chi connectivity index (χ4v) is 2.93. The van der Waals surface area contributed by atoms with Crippen molar-refractivity contribution in [2.45, 2.75) is 12.5 Å². The second kappa shape index (κ2) is 5.91. The summed E-state index contributed by atoms with van der Waals surface area (Å²) in [4.78, 5) is 12.3. The number of carbonyl (C=O) groups excluding carboxylic acids is 1. The molecule has 1 aliphatic heterocycles. The molecule has 0 N–H and O–H groups in total. The number of rotatable bonds is 2. The first-order chi connectivity index (χ1) is 11.0. The SMILES string of the molecule is COC(=O)C1=Cc2ccccc2OC1(C)c1ccc(Cl)c(Cl)c1. The molecule has 0 saturated heterocycles. The standard InChI is InChI=1S/C18H14Cl2O3/c1-18(12-7-8-14(19)15(20)10-12)13(17(21)22-2)9-11-5-3-4-6-16(11)23-18/h3-10H,1-2H3. The molecule has 0 aliphatic carbocycles. The number of methoxy groups -OCH3 is 1. The molecule has 2 aromatic carbocycles. The Balaban J connectivity index is 2.19. The Labute approximate surface area is 144 Å². The van der Waals surface area contributed by atoms with E-state index in [-0.39, 0.29) is 0 Å². The van der Waals surface area contributed by atoms with E-state index in [0.29, 0.717) is 21.4 Å². The van der Waals surface area contributed by atoms with E-state index in [2.05, 4.69) is 0 Å². The third-order valence-corrected chi connectivity index (χ3v) is 4.66. The molecule has 0 amide bonds. The predicted molar refractivity (Wildman–Crippen MR) is 90.9 cm³/mol. The van der Waals surface area contributed by atoms with Gasteiger partial charge in [0.1, 0.15) is 5.75 Å². The fourth-order valence-electron chi connectivity index (χ4n) is 2.63. The van der Waals surface area contributed by atoms with E-state index >= 15 is 0 Å². The highest BCUT2D eigenvalue weighted by molar-refractivity contribution is 6.42. The number of benzene rings is 2. The molecule has 1 heterocycles. The Kier molecular flexibility index (Phi) is 4.09. The van der Waals surface area contributed by atoms with Crippen molar-refractivity contribution in [3.05, 3.63) is 69.2 Å². The molecule has 0 radical (unpaired) electrons. The maximum Gasteiger partial charge on any atom is 0.338 e. The molecule has 0 aromatic heterocycles. The van der Waals surface area contributed by atoms with Gasteiger partial charge in [0.15, 0.2) is 5.60 Å². The predicted octanol–water partition coefficient (Wildman–Crippen LogP) is 4.86. The number of ether oxygens (including phenoxy) is 2. The molecule has 0 saturated carbocycles. The smallest absolute Gasteiger partial charge is 0.338 e. The average molecular weight is 349 g/mol. The molecule has 3 rings (SSSR count). The van der Waals surface area contributed by atoms with Crippen LogP contribution in [0, 0.1) is 0 Å². The summed E-state index contributed by atoms with van der Waals surface area (Å²) >= 11 is 12.1. The van der Waals surface area contributed by atoms with Crippen LogP contribution in [0.15, 0.2) is 48.0 Å². The van der Waals surface area contributed by atoms with E-state index in [9.17, 15) is 4.79 Å². The summed E-state index contributed by atoms with van der Waals surface area (Å²) in [6.45, 7) is 1.81. The second-order valence-electron chi connectivity index (χ2n) is 5.35. The zero-order chi connectivity index (χ0) is 16.6. The van der Waals surface area contributed by atoms with Gasteiger partial charge in [-0.15, -0.1) is 0 Å². The minimum absolute atomic E-state index is 0.400. The summed E-state index contributed by atoms with van der Waals surface area (Å²) in [6.07, 6.45) is 1.78. The molecule has 118 valence electrons. The molecular formula is C18H14Cl2O3. The Hall–Kier alpha value is -1.97. The minimum Gasteiger partial charge on any atom is -0.477 e. The van der Waals surface area contributed by atoms with Crippen molar-refractivity contribution < 1.29 is 14.3 Å². The topological polar surface area (TPSA) is 35.5 Å². The van der Waals surface area contributed by atoms with Gasteiger partial charge in [-0.25, -0.2) is 4.79 Å². The van der Waals surface area contributed by atoms with Crippen LogP contribution in [0.1, 0.15) is 18.1 Å². The maximum absolute atomic E-state index is 12.3. The summed E-state index contributed by atoms with van der Waals surface area (Å²) in [7, 11) is 1.35. The van der Waals surface area contributed by atoms with Gasteiger partial charge in [0, 0.05) is 11.1 Å². The van der Waals surface area contributed by atoms with Crippen LogP contribution in [0.3, 0.4) is 0 Å². The highest BCUT2D eigenvalue weighted by Crippen LogP contribution is 2.43. The van der Waals surface area contributed by atoms with Crippen molar-refractivity contribution in [1.82, 2.24) is 0 Å². The van der Waals surface area contributed by atoms with Crippen molar-refractivity contribution in [3.63, 3.8) is 0 Å². The van der Waals surface area contributed by atoms with Gasteiger partial charge in [0.05, 0.1) is 22.7 Å². The highest BCUT2D eigenvalue weighted by Gasteiger charge is 2.41. The van der Waals surface area contributed by atoms with Crippen LogP contribution in [0.25, 0.3) is 6.08 Å². The van der Waals surface area contributed by atoms with Crippen LogP contribution in [0.2, 0.25) is 10.0 Å². The van der Waals surface area contributed by atoms with Gasteiger partial charge in [-0.2, -0.15) is 0 Å². The number of esters is 1. The Morgan fingerprint density at radius 3 is 2.57 bits per heavy atom. The number of para-hydroxylation sites is 1. The van der Waals surface area contributed by atoms with E-state index in [1.54, 1.807) is 24.3 Å². The lowest BCUT2D eigenvalue weighted by atomic mass is 9.84. The van der Waals surface area contributed by atoms with Crippen LogP contribution < -0.4 is 4.74 Å². The van der Waals surface area contributed by atoms with Gasteiger partial charge in [0.2, 0.25) is 0 Å². The van der Waals surface area contributed by atoms with Crippen molar-refractivity contribution in [2.24, 2.45) is 0 Å². The van der Waals surface area contributed by atoms with Crippen LogP contribution in [-0.4, -0.2) is 13.1 Å². The monoisotopic (exact) mass is 348 g/mol. The molecule has 2 aromatic rings. The van der Waals surface area contributed by atoms with Crippen LogP contribution in [0.5, 0.6) is 5.75 Å². The van der Waals surface area contributed by atoms with Crippen molar-refractivity contribution in [3.8, 4) is 5.75 Å². The van der Waals surface area contributed by atoms with Gasteiger partial charge in [0.25, 0.3) is 0 Å². The normalized spacial score (nSPS) is 19.4. The largest absolute Gasteiger partial charge is 0.477 e. The molecule has 23 heavy (non-hydrogen) atoms. The van der Waals surface area contributed by atoms with Crippen molar-refractivity contribution >= 4 is 35.2 Å². The molecule has 5 heteroatoms. The van der Waals surface area contributed by atoms with Gasteiger partial charge in [-0.05, 0) is 31.2 Å². The third-order valence-electron chi connectivity index (χ3n) is 3.92. The molecule has 3 nitrogen and oxygen atoms in total. The van der Waals surface area contributed by atoms with Gasteiger partial charge < -0.3 is 9.47 Å².